The zero-order chi connectivity index (χ0) is 14.3. The molecule has 0 spiro atoms. The van der Waals surface area contributed by atoms with Gasteiger partial charge in [0.15, 0.2) is 5.82 Å². The summed E-state index contributed by atoms with van der Waals surface area (Å²) in [4.78, 5) is 15.9. The predicted molar refractivity (Wildman–Crippen MR) is 73.2 cm³/mol. The molecule has 0 aliphatic heterocycles. The summed E-state index contributed by atoms with van der Waals surface area (Å²) >= 11 is 0. The van der Waals surface area contributed by atoms with Crippen molar-refractivity contribution in [1.29, 1.82) is 0 Å². The molecule has 1 heterocycles. The molecule has 1 amide bonds. The monoisotopic (exact) mass is 268 g/mol. The third-order valence-electron chi connectivity index (χ3n) is 2.46. The van der Waals surface area contributed by atoms with Crippen LogP contribution in [0.4, 0.5) is 11.5 Å². The molecule has 1 atom stereocenters. The number of nitrogens with two attached hydrogens (primary N) is 1. The molecule has 0 aliphatic carbocycles. The van der Waals surface area contributed by atoms with Crippen molar-refractivity contribution < 1.29 is 14.3 Å². The molecule has 0 fully saturated rings. The number of carbonyl (C=O) groups is 1. The number of nitrogens with zero attached hydrogens (tertiary/aromatic N) is 1. The van der Waals surface area contributed by atoms with E-state index in [0.29, 0.717) is 30.5 Å². The standard InChI is InChI=1S/C12H20N4O3/c1-8(12(17)14-6-7-18-2)15-11-9(13)4-5-10(16-11)19-3/h4-5,8H,6-7,13H2,1-3H3,(H,14,17)(H,15,16). The average molecular weight is 268 g/mol. The average Bonchev–Trinajstić information content (AvgIpc) is 2.41. The number of hydrogen-bond donors (Lipinski definition) is 3. The van der Waals surface area contributed by atoms with E-state index in [1.165, 1.54) is 7.11 Å². The van der Waals surface area contributed by atoms with Crippen LogP contribution in [0, 0.1) is 0 Å². The Kier molecular flexibility index (Phi) is 5.87. The van der Waals surface area contributed by atoms with E-state index >= 15 is 0 Å². The first kappa shape index (κ1) is 15.0. The number of nitrogen functional groups attached to an aromatic ring is 1. The fourth-order valence-electron chi connectivity index (χ4n) is 1.38. The highest BCUT2D eigenvalue weighted by Crippen LogP contribution is 2.20. The topological polar surface area (TPSA) is 98.5 Å². The van der Waals surface area contributed by atoms with Crippen molar-refractivity contribution in [1.82, 2.24) is 10.3 Å². The smallest absolute Gasteiger partial charge is 0.242 e. The van der Waals surface area contributed by atoms with Gasteiger partial charge in [0.2, 0.25) is 11.8 Å². The van der Waals surface area contributed by atoms with Gasteiger partial charge in [0, 0.05) is 19.7 Å². The summed E-state index contributed by atoms with van der Waals surface area (Å²) in [6.07, 6.45) is 0. The number of rotatable bonds is 7. The SMILES string of the molecule is COCCNC(=O)C(C)Nc1nc(OC)ccc1N. The van der Waals surface area contributed by atoms with Gasteiger partial charge in [-0.2, -0.15) is 4.98 Å². The van der Waals surface area contributed by atoms with Gasteiger partial charge < -0.3 is 25.8 Å². The van der Waals surface area contributed by atoms with Crippen LogP contribution in [0.15, 0.2) is 12.1 Å². The van der Waals surface area contributed by atoms with Gasteiger partial charge in [0.25, 0.3) is 0 Å². The highest BCUT2D eigenvalue weighted by atomic mass is 16.5. The Bertz CT molecular complexity index is 425. The fraction of sp³-hybridized carbons (Fsp3) is 0.500. The van der Waals surface area contributed by atoms with Crippen molar-refractivity contribution in [2.45, 2.75) is 13.0 Å². The summed E-state index contributed by atoms with van der Waals surface area (Å²) in [7, 11) is 3.10. The number of nitrogens with one attached hydrogen (secondary N) is 2. The lowest BCUT2D eigenvalue weighted by Gasteiger charge is -2.16. The van der Waals surface area contributed by atoms with Crippen LogP contribution in [-0.2, 0) is 9.53 Å². The summed E-state index contributed by atoms with van der Waals surface area (Å²) in [5, 5.41) is 5.67. The Labute approximate surface area is 112 Å². The second-order valence-corrected chi connectivity index (χ2v) is 3.94. The number of aromatic nitrogens is 1. The lowest BCUT2D eigenvalue weighted by Crippen LogP contribution is -2.39. The Morgan fingerprint density at radius 2 is 2.21 bits per heavy atom. The van der Waals surface area contributed by atoms with E-state index in [1.807, 2.05) is 0 Å². The quantitative estimate of drug-likeness (QED) is 0.613. The minimum absolute atomic E-state index is 0.152. The molecule has 1 unspecified atom stereocenters. The van der Waals surface area contributed by atoms with E-state index in [0.717, 1.165) is 0 Å². The lowest BCUT2D eigenvalue weighted by molar-refractivity contribution is -0.121. The van der Waals surface area contributed by atoms with E-state index in [1.54, 1.807) is 26.2 Å². The molecule has 1 aromatic heterocycles. The lowest BCUT2D eigenvalue weighted by atomic mass is 10.3. The molecule has 19 heavy (non-hydrogen) atoms. The fourth-order valence-corrected chi connectivity index (χ4v) is 1.38. The maximum absolute atomic E-state index is 11.8. The molecule has 1 aromatic rings. The molecule has 106 valence electrons. The first-order valence-electron chi connectivity index (χ1n) is 5.92. The molecule has 0 saturated carbocycles. The number of pyridine rings is 1. The second kappa shape index (κ2) is 7.42. The highest BCUT2D eigenvalue weighted by Gasteiger charge is 2.14. The van der Waals surface area contributed by atoms with E-state index < -0.39 is 6.04 Å². The molecule has 7 nitrogen and oxygen atoms in total. The molecule has 0 aliphatic rings. The first-order chi connectivity index (χ1) is 9.08. The highest BCUT2D eigenvalue weighted by molar-refractivity contribution is 5.84. The molecular formula is C12H20N4O3. The van der Waals surface area contributed by atoms with Crippen molar-refractivity contribution in [2.75, 3.05) is 38.4 Å². The third-order valence-corrected chi connectivity index (χ3v) is 2.46. The maximum atomic E-state index is 11.8. The maximum Gasteiger partial charge on any atom is 0.242 e. The number of methoxy groups -OCH3 is 2. The zero-order valence-electron chi connectivity index (χ0n) is 11.4. The summed E-state index contributed by atoms with van der Waals surface area (Å²) in [5.74, 6) is 0.707. The van der Waals surface area contributed by atoms with Crippen molar-refractivity contribution in [3.63, 3.8) is 0 Å². The van der Waals surface area contributed by atoms with Crippen LogP contribution in [0.25, 0.3) is 0 Å². The largest absolute Gasteiger partial charge is 0.481 e. The van der Waals surface area contributed by atoms with Gasteiger partial charge in [-0.15, -0.1) is 0 Å². The van der Waals surface area contributed by atoms with Crippen LogP contribution in [0.3, 0.4) is 0 Å². The Morgan fingerprint density at radius 1 is 1.47 bits per heavy atom. The van der Waals surface area contributed by atoms with Gasteiger partial charge in [0.05, 0.1) is 19.4 Å². The van der Waals surface area contributed by atoms with Gasteiger partial charge in [-0.25, -0.2) is 0 Å². The predicted octanol–water partition coefficient (Wildman–Crippen LogP) is 0.235. The zero-order valence-corrected chi connectivity index (χ0v) is 11.4. The van der Waals surface area contributed by atoms with Crippen LogP contribution >= 0.6 is 0 Å². The number of ether oxygens (including phenoxy) is 2. The number of amides is 1. The van der Waals surface area contributed by atoms with Crippen molar-refractivity contribution in [3.05, 3.63) is 12.1 Å². The van der Waals surface area contributed by atoms with Crippen LogP contribution in [0.5, 0.6) is 5.88 Å². The van der Waals surface area contributed by atoms with Gasteiger partial charge in [-0.05, 0) is 13.0 Å². The molecule has 0 saturated heterocycles. The molecule has 4 N–H and O–H groups in total. The summed E-state index contributed by atoms with van der Waals surface area (Å²) < 4.78 is 9.86. The number of carbonyl (C=O) groups excluding carboxylic acids is 1. The second-order valence-electron chi connectivity index (χ2n) is 3.94. The van der Waals surface area contributed by atoms with E-state index in [4.69, 9.17) is 15.2 Å². The van der Waals surface area contributed by atoms with E-state index in [-0.39, 0.29) is 5.91 Å². The summed E-state index contributed by atoms with van der Waals surface area (Å²) in [6, 6.07) is 2.87. The molecule has 0 aromatic carbocycles. The van der Waals surface area contributed by atoms with Crippen LogP contribution < -0.4 is 21.1 Å². The molecule has 0 radical (unpaired) electrons. The van der Waals surface area contributed by atoms with Crippen molar-refractivity contribution in [3.8, 4) is 5.88 Å². The van der Waals surface area contributed by atoms with Gasteiger partial charge in [-0.1, -0.05) is 0 Å². The van der Waals surface area contributed by atoms with Gasteiger partial charge >= 0.3 is 0 Å². The minimum atomic E-state index is -0.459. The Balaban J connectivity index is 2.60. The number of hydrogen-bond acceptors (Lipinski definition) is 6. The van der Waals surface area contributed by atoms with Crippen molar-refractivity contribution >= 4 is 17.4 Å². The minimum Gasteiger partial charge on any atom is -0.481 e. The first-order valence-corrected chi connectivity index (χ1v) is 5.92. The molecular weight excluding hydrogens is 248 g/mol. The van der Waals surface area contributed by atoms with E-state index in [2.05, 4.69) is 15.6 Å². The Hall–Kier alpha value is -2.02. The Morgan fingerprint density at radius 3 is 2.84 bits per heavy atom. The van der Waals surface area contributed by atoms with E-state index in [9.17, 15) is 4.79 Å². The number of anilines is 2. The van der Waals surface area contributed by atoms with Crippen LogP contribution in [0.2, 0.25) is 0 Å². The summed E-state index contributed by atoms with van der Waals surface area (Å²) in [5.41, 5.74) is 6.24. The summed E-state index contributed by atoms with van der Waals surface area (Å²) in [6.45, 7) is 2.66. The van der Waals surface area contributed by atoms with Gasteiger partial charge in [0.1, 0.15) is 6.04 Å². The normalized spacial score (nSPS) is 11.7. The molecule has 7 heteroatoms. The van der Waals surface area contributed by atoms with Crippen molar-refractivity contribution in [2.24, 2.45) is 0 Å². The molecule has 1 rings (SSSR count). The molecule has 0 bridgehead atoms. The van der Waals surface area contributed by atoms with Crippen LogP contribution in [0.1, 0.15) is 6.92 Å². The van der Waals surface area contributed by atoms with Gasteiger partial charge in [-0.3, -0.25) is 4.79 Å². The van der Waals surface area contributed by atoms with Crippen LogP contribution in [-0.4, -0.2) is 44.3 Å². The third kappa shape index (κ3) is 4.63.